The van der Waals surface area contributed by atoms with Crippen molar-refractivity contribution in [3.8, 4) is 0 Å². The van der Waals surface area contributed by atoms with E-state index < -0.39 is 15.9 Å². The van der Waals surface area contributed by atoms with Gasteiger partial charge in [0.15, 0.2) is 0 Å². The van der Waals surface area contributed by atoms with E-state index in [-0.39, 0.29) is 24.6 Å². The summed E-state index contributed by atoms with van der Waals surface area (Å²) in [6.07, 6.45) is 0. The van der Waals surface area contributed by atoms with Crippen molar-refractivity contribution >= 4 is 15.9 Å². The number of hydrogen-bond acceptors (Lipinski definition) is 4. The minimum Gasteiger partial charge on any atom is -0.395 e. The van der Waals surface area contributed by atoms with Gasteiger partial charge in [-0.15, -0.1) is 0 Å². The van der Waals surface area contributed by atoms with E-state index >= 15 is 0 Å². The average molecular weight is 272 g/mol. The van der Waals surface area contributed by atoms with Crippen LogP contribution in [0, 0.1) is 6.92 Å². The van der Waals surface area contributed by atoms with Crippen LogP contribution in [-0.2, 0) is 14.8 Å². The molecule has 0 spiro atoms. The molecule has 1 aromatic rings. The van der Waals surface area contributed by atoms with Gasteiger partial charge in [0, 0.05) is 6.54 Å². The first-order chi connectivity index (χ1) is 8.45. The van der Waals surface area contributed by atoms with Crippen molar-refractivity contribution in [2.24, 2.45) is 0 Å². The Morgan fingerprint density at radius 2 is 1.89 bits per heavy atom. The first-order valence-electron chi connectivity index (χ1n) is 5.39. The SMILES string of the molecule is Cc1ccc(S(=O)(=O)NCC(=O)NCCO)cc1. The molecule has 0 aliphatic rings. The highest BCUT2D eigenvalue weighted by Crippen LogP contribution is 2.09. The molecule has 1 aromatic carbocycles. The fraction of sp³-hybridized carbons (Fsp3) is 0.364. The van der Waals surface area contributed by atoms with E-state index in [1.807, 2.05) is 6.92 Å². The summed E-state index contributed by atoms with van der Waals surface area (Å²) in [6, 6.07) is 6.31. The van der Waals surface area contributed by atoms with Crippen LogP contribution in [0.4, 0.5) is 0 Å². The van der Waals surface area contributed by atoms with Crippen LogP contribution in [0.1, 0.15) is 5.56 Å². The predicted octanol–water partition coefficient (Wildman–Crippen LogP) is -0.618. The molecule has 0 atom stereocenters. The van der Waals surface area contributed by atoms with Crippen LogP contribution < -0.4 is 10.0 Å². The number of sulfonamides is 1. The maximum atomic E-state index is 11.8. The highest BCUT2D eigenvalue weighted by molar-refractivity contribution is 7.89. The lowest BCUT2D eigenvalue weighted by atomic mass is 10.2. The maximum absolute atomic E-state index is 11.8. The Morgan fingerprint density at radius 3 is 2.44 bits per heavy atom. The van der Waals surface area contributed by atoms with Gasteiger partial charge in [-0.3, -0.25) is 4.79 Å². The summed E-state index contributed by atoms with van der Waals surface area (Å²) >= 11 is 0. The molecule has 0 aliphatic heterocycles. The minimum atomic E-state index is -3.67. The first-order valence-corrected chi connectivity index (χ1v) is 6.88. The monoisotopic (exact) mass is 272 g/mol. The van der Waals surface area contributed by atoms with Gasteiger partial charge in [-0.25, -0.2) is 13.1 Å². The largest absolute Gasteiger partial charge is 0.395 e. The molecule has 0 unspecified atom stereocenters. The number of nitrogens with one attached hydrogen (secondary N) is 2. The Labute approximate surface area is 106 Å². The van der Waals surface area contributed by atoms with Gasteiger partial charge in [-0.05, 0) is 19.1 Å². The third kappa shape index (κ3) is 4.44. The van der Waals surface area contributed by atoms with Gasteiger partial charge < -0.3 is 10.4 Å². The van der Waals surface area contributed by atoms with Crippen molar-refractivity contribution in [3.63, 3.8) is 0 Å². The van der Waals surface area contributed by atoms with Gasteiger partial charge in [-0.1, -0.05) is 17.7 Å². The number of amides is 1. The van der Waals surface area contributed by atoms with Crippen molar-refractivity contribution < 1.29 is 18.3 Å². The molecule has 0 fully saturated rings. The Bertz CT molecular complexity index is 496. The highest BCUT2D eigenvalue weighted by Gasteiger charge is 2.14. The molecular weight excluding hydrogens is 256 g/mol. The Morgan fingerprint density at radius 1 is 1.28 bits per heavy atom. The van der Waals surface area contributed by atoms with Crippen LogP contribution >= 0.6 is 0 Å². The molecule has 0 heterocycles. The number of benzene rings is 1. The summed E-state index contributed by atoms with van der Waals surface area (Å²) in [7, 11) is -3.67. The number of carbonyl (C=O) groups excluding carboxylic acids is 1. The number of aliphatic hydroxyl groups is 1. The molecule has 0 aliphatic carbocycles. The van der Waals surface area contributed by atoms with E-state index in [9.17, 15) is 13.2 Å². The third-order valence-corrected chi connectivity index (χ3v) is 3.61. The number of aliphatic hydroxyl groups excluding tert-OH is 1. The summed E-state index contributed by atoms with van der Waals surface area (Å²) in [5.41, 5.74) is 0.953. The van der Waals surface area contributed by atoms with Crippen molar-refractivity contribution in [1.82, 2.24) is 10.0 Å². The Hall–Kier alpha value is -1.44. The van der Waals surface area contributed by atoms with E-state index in [1.54, 1.807) is 12.1 Å². The van der Waals surface area contributed by atoms with E-state index in [2.05, 4.69) is 10.0 Å². The highest BCUT2D eigenvalue weighted by atomic mass is 32.2. The number of aryl methyl sites for hydroxylation is 1. The topological polar surface area (TPSA) is 95.5 Å². The van der Waals surface area contributed by atoms with Crippen molar-refractivity contribution in [2.75, 3.05) is 19.7 Å². The van der Waals surface area contributed by atoms with Gasteiger partial charge in [0.2, 0.25) is 15.9 Å². The van der Waals surface area contributed by atoms with Gasteiger partial charge >= 0.3 is 0 Å². The van der Waals surface area contributed by atoms with Crippen LogP contribution in [-0.4, -0.2) is 39.1 Å². The molecule has 0 saturated carbocycles. The van der Waals surface area contributed by atoms with Crippen LogP contribution in [0.2, 0.25) is 0 Å². The molecule has 3 N–H and O–H groups in total. The number of hydrogen-bond donors (Lipinski definition) is 3. The number of carbonyl (C=O) groups is 1. The quantitative estimate of drug-likeness (QED) is 0.643. The number of rotatable bonds is 6. The summed E-state index contributed by atoms with van der Waals surface area (Å²) in [4.78, 5) is 11.3. The fourth-order valence-corrected chi connectivity index (χ4v) is 2.20. The van der Waals surface area contributed by atoms with Crippen molar-refractivity contribution in [3.05, 3.63) is 29.8 Å². The van der Waals surface area contributed by atoms with Gasteiger partial charge in [0.25, 0.3) is 0 Å². The molecular formula is C11H16N2O4S. The van der Waals surface area contributed by atoms with Crippen LogP contribution in [0.3, 0.4) is 0 Å². The molecule has 0 saturated heterocycles. The Balaban J connectivity index is 2.60. The lowest BCUT2D eigenvalue weighted by molar-refractivity contribution is -0.120. The predicted molar refractivity (Wildman–Crippen MR) is 66.5 cm³/mol. The second kappa shape index (κ2) is 6.48. The maximum Gasteiger partial charge on any atom is 0.241 e. The van der Waals surface area contributed by atoms with Crippen molar-refractivity contribution in [1.29, 1.82) is 0 Å². The summed E-state index contributed by atoms with van der Waals surface area (Å²) in [5, 5.41) is 10.8. The summed E-state index contributed by atoms with van der Waals surface area (Å²) < 4.78 is 25.7. The van der Waals surface area contributed by atoms with E-state index in [0.717, 1.165) is 5.56 Å². The molecule has 0 radical (unpaired) electrons. The smallest absolute Gasteiger partial charge is 0.241 e. The van der Waals surface area contributed by atoms with Gasteiger partial charge in [0.1, 0.15) is 0 Å². The normalized spacial score (nSPS) is 11.2. The minimum absolute atomic E-state index is 0.102. The second-order valence-electron chi connectivity index (χ2n) is 3.71. The second-order valence-corrected chi connectivity index (χ2v) is 5.48. The van der Waals surface area contributed by atoms with E-state index in [4.69, 9.17) is 5.11 Å². The summed E-state index contributed by atoms with van der Waals surface area (Å²) in [5.74, 6) is -0.486. The first kappa shape index (κ1) is 14.6. The van der Waals surface area contributed by atoms with Crippen LogP contribution in [0.25, 0.3) is 0 Å². The van der Waals surface area contributed by atoms with Crippen LogP contribution in [0.5, 0.6) is 0 Å². The zero-order valence-electron chi connectivity index (χ0n) is 10.0. The standard InChI is InChI=1S/C11H16N2O4S/c1-9-2-4-10(5-3-9)18(16,17)13-8-11(15)12-6-7-14/h2-5,13-14H,6-8H2,1H3,(H,12,15). The summed E-state index contributed by atoms with van der Waals surface area (Å²) in [6.45, 7) is 1.42. The molecule has 0 aromatic heterocycles. The van der Waals surface area contributed by atoms with E-state index in [1.165, 1.54) is 12.1 Å². The molecule has 18 heavy (non-hydrogen) atoms. The molecule has 7 heteroatoms. The van der Waals surface area contributed by atoms with Gasteiger partial charge in [0.05, 0.1) is 18.0 Å². The van der Waals surface area contributed by atoms with Gasteiger partial charge in [-0.2, -0.15) is 0 Å². The molecule has 1 amide bonds. The molecule has 100 valence electrons. The molecule has 1 rings (SSSR count). The zero-order valence-corrected chi connectivity index (χ0v) is 10.8. The fourth-order valence-electron chi connectivity index (χ4n) is 1.22. The Kier molecular flexibility index (Phi) is 5.26. The lowest BCUT2D eigenvalue weighted by Crippen LogP contribution is -2.37. The van der Waals surface area contributed by atoms with Crippen LogP contribution in [0.15, 0.2) is 29.2 Å². The molecule has 6 nitrogen and oxygen atoms in total. The third-order valence-electron chi connectivity index (χ3n) is 2.19. The van der Waals surface area contributed by atoms with E-state index in [0.29, 0.717) is 0 Å². The molecule has 0 bridgehead atoms. The van der Waals surface area contributed by atoms with Crippen molar-refractivity contribution in [2.45, 2.75) is 11.8 Å². The average Bonchev–Trinajstić information content (AvgIpc) is 2.34. The lowest BCUT2D eigenvalue weighted by Gasteiger charge is -2.07. The zero-order chi connectivity index (χ0) is 13.6.